The number of ether oxygens (including phenoxy) is 1. The molecule has 0 aliphatic rings. The fraction of sp³-hybridized carbons (Fsp3) is 0.464. The summed E-state index contributed by atoms with van der Waals surface area (Å²) in [6.45, 7) is 16.8. The van der Waals surface area contributed by atoms with Crippen molar-refractivity contribution in [2.45, 2.75) is 84.0 Å². The Morgan fingerprint density at radius 1 is 1.06 bits per heavy atom. The largest absolute Gasteiger partial charge is 0.445 e. The Hall–Kier alpha value is -2.38. The molecule has 0 saturated heterocycles. The van der Waals surface area contributed by atoms with Crippen LogP contribution in [0.25, 0.3) is 11.1 Å². The van der Waals surface area contributed by atoms with E-state index in [2.05, 4.69) is 69.2 Å². The number of thioether (sulfide) groups is 1. The summed E-state index contributed by atoms with van der Waals surface area (Å²) in [4.78, 5) is 22.1. The zero-order valence-electron chi connectivity index (χ0n) is 22.1. The van der Waals surface area contributed by atoms with Crippen LogP contribution in [-0.2, 0) is 23.5 Å². The molecule has 7 heteroatoms. The van der Waals surface area contributed by atoms with Crippen LogP contribution in [0, 0.1) is 19.3 Å². The van der Waals surface area contributed by atoms with Gasteiger partial charge in [-0.1, -0.05) is 62.4 Å². The highest BCUT2D eigenvalue weighted by molar-refractivity contribution is 8.00. The first-order valence-corrected chi connectivity index (χ1v) is 13.7. The molecule has 0 bridgehead atoms. The zero-order valence-corrected chi connectivity index (χ0v) is 23.7. The summed E-state index contributed by atoms with van der Waals surface area (Å²) in [5.41, 5.74) is 7.22. The smallest absolute Gasteiger partial charge is 0.407 e. The van der Waals surface area contributed by atoms with Crippen LogP contribution in [0.3, 0.4) is 0 Å². The highest BCUT2D eigenvalue weighted by Crippen LogP contribution is 2.38. The van der Waals surface area contributed by atoms with Gasteiger partial charge in [0.1, 0.15) is 10.9 Å². The number of nitrogens with one attached hydrogen (secondary N) is 1. The van der Waals surface area contributed by atoms with Crippen molar-refractivity contribution in [3.05, 3.63) is 63.9 Å². The third kappa shape index (κ3) is 8.07. The number of hydrogen-bond acceptors (Lipinski definition) is 6. The minimum Gasteiger partial charge on any atom is -0.445 e. The summed E-state index contributed by atoms with van der Waals surface area (Å²) < 4.78 is 6.81. The number of amides is 1. The van der Waals surface area contributed by atoms with Crippen molar-refractivity contribution in [3.8, 4) is 11.1 Å². The van der Waals surface area contributed by atoms with Crippen molar-refractivity contribution in [3.63, 3.8) is 0 Å². The van der Waals surface area contributed by atoms with Gasteiger partial charge in [-0.15, -0.1) is 11.3 Å². The maximum absolute atomic E-state index is 12.6. The van der Waals surface area contributed by atoms with Crippen molar-refractivity contribution in [1.29, 1.82) is 0 Å². The molecule has 188 valence electrons. The molecule has 1 N–H and O–H groups in total. The topological polar surface area (TPSA) is 64.1 Å². The number of thiazole rings is 1. The van der Waals surface area contributed by atoms with E-state index in [9.17, 15) is 4.79 Å². The number of pyridine rings is 1. The number of alkyl carbamates (subject to hydrolysis) is 1. The Bertz CT molecular complexity index is 1140. The van der Waals surface area contributed by atoms with Crippen LogP contribution < -0.4 is 5.32 Å². The lowest BCUT2D eigenvalue weighted by Gasteiger charge is -2.25. The number of hydrogen-bond donors (Lipinski definition) is 1. The molecule has 0 spiro atoms. The molecule has 0 aliphatic carbocycles. The molecular weight excluding hydrogens is 474 g/mol. The van der Waals surface area contributed by atoms with Gasteiger partial charge in [-0.05, 0) is 63.1 Å². The lowest BCUT2D eigenvalue weighted by Crippen LogP contribution is -2.40. The minimum atomic E-state index is -0.423. The van der Waals surface area contributed by atoms with E-state index < -0.39 is 6.09 Å². The summed E-state index contributed by atoms with van der Waals surface area (Å²) in [5.74, 6) is 0.743. The summed E-state index contributed by atoms with van der Waals surface area (Å²) >= 11 is 3.35. The number of aryl methyl sites for hydroxylation is 2. The van der Waals surface area contributed by atoms with E-state index in [1.165, 1.54) is 5.56 Å². The third-order valence-electron chi connectivity index (χ3n) is 5.30. The van der Waals surface area contributed by atoms with Crippen molar-refractivity contribution in [2.24, 2.45) is 5.41 Å². The second-order valence-corrected chi connectivity index (χ2v) is 13.2. The van der Waals surface area contributed by atoms with Gasteiger partial charge in [0.2, 0.25) is 0 Å². The van der Waals surface area contributed by atoms with Gasteiger partial charge in [0.15, 0.2) is 0 Å². The van der Waals surface area contributed by atoms with E-state index >= 15 is 0 Å². The predicted octanol–water partition coefficient (Wildman–Crippen LogP) is 7.73. The van der Waals surface area contributed by atoms with Crippen LogP contribution in [0.1, 0.15) is 69.6 Å². The highest BCUT2D eigenvalue weighted by Gasteiger charge is 2.24. The molecule has 0 atom stereocenters. The number of carbonyl (C=O) groups is 1. The van der Waals surface area contributed by atoms with Crippen LogP contribution in [0.4, 0.5) is 4.79 Å². The van der Waals surface area contributed by atoms with E-state index in [0.717, 1.165) is 50.2 Å². The Morgan fingerprint density at radius 3 is 2.31 bits per heavy atom. The molecule has 35 heavy (non-hydrogen) atoms. The van der Waals surface area contributed by atoms with Crippen molar-refractivity contribution >= 4 is 29.2 Å². The Balaban J connectivity index is 2.12. The normalized spacial score (nSPS) is 12.0. The molecule has 0 unspecified atom stereocenters. The van der Waals surface area contributed by atoms with Crippen molar-refractivity contribution in [2.75, 3.05) is 0 Å². The molecule has 3 aromatic rings. The fourth-order valence-electron chi connectivity index (χ4n) is 3.79. The van der Waals surface area contributed by atoms with Gasteiger partial charge in [0, 0.05) is 39.8 Å². The molecule has 2 heterocycles. The van der Waals surface area contributed by atoms with Gasteiger partial charge in [-0.2, -0.15) is 0 Å². The number of aromatic nitrogens is 2. The van der Waals surface area contributed by atoms with E-state index in [1.54, 1.807) is 23.1 Å². The molecule has 5 nitrogen and oxygen atoms in total. The maximum Gasteiger partial charge on any atom is 0.407 e. The molecule has 2 aromatic heterocycles. The third-order valence-corrected chi connectivity index (χ3v) is 7.30. The van der Waals surface area contributed by atoms with E-state index in [-0.39, 0.29) is 17.6 Å². The molecule has 0 saturated carbocycles. The first kappa shape index (κ1) is 27.2. The number of rotatable bonds is 7. The van der Waals surface area contributed by atoms with Gasteiger partial charge in [-0.25, -0.2) is 9.78 Å². The summed E-state index contributed by atoms with van der Waals surface area (Å²) in [5, 5.41) is 4.89. The highest BCUT2D eigenvalue weighted by atomic mass is 32.2. The second-order valence-electron chi connectivity index (χ2n) is 11.1. The van der Waals surface area contributed by atoms with E-state index in [0.29, 0.717) is 0 Å². The van der Waals surface area contributed by atoms with Crippen molar-refractivity contribution in [1.82, 2.24) is 15.3 Å². The average Bonchev–Trinajstić information content (AvgIpc) is 3.24. The molecule has 0 fully saturated rings. The van der Waals surface area contributed by atoms with Gasteiger partial charge >= 0.3 is 6.09 Å². The number of benzene rings is 1. The van der Waals surface area contributed by atoms with Crippen LogP contribution in [0.2, 0.25) is 0 Å². The number of nitrogens with zero attached hydrogens (tertiary/aromatic N) is 2. The van der Waals surface area contributed by atoms with Gasteiger partial charge in [-0.3, -0.25) is 4.98 Å². The summed E-state index contributed by atoms with van der Waals surface area (Å²) in [6.07, 6.45) is 2.19. The molecule has 1 aromatic carbocycles. The lowest BCUT2D eigenvalue weighted by atomic mass is 9.85. The molecule has 0 radical (unpaired) electrons. The number of carbonyl (C=O) groups excluding carboxylic acids is 1. The minimum absolute atomic E-state index is 0.0313. The van der Waals surface area contributed by atoms with Gasteiger partial charge < -0.3 is 10.1 Å². The van der Waals surface area contributed by atoms with Gasteiger partial charge in [0.25, 0.3) is 0 Å². The average molecular weight is 512 g/mol. The lowest BCUT2D eigenvalue weighted by molar-refractivity contribution is 0.131. The molecular formula is C28H37N3O2S2. The Kier molecular flexibility index (Phi) is 8.65. The van der Waals surface area contributed by atoms with Crippen LogP contribution >= 0.6 is 23.1 Å². The van der Waals surface area contributed by atoms with E-state index in [4.69, 9.17) is 9.72 Å². The summed E-state index contributed by atoms with van der Waals surface area (Å²) in [6, 6.07) is 8.56. The maximum atomic E-state index is 12.6. The Morgan fingerprint density at radius 2 is 1.74 bits per heavy atom. The molecule has 3 rings (SSSR count). The van der Waals surface area contributed by atoms with Crippen LogP contribution in [0.5, 0.6) is 0 Å². The fourth-order valence-corrected chi connectivity index (χ4v) is 5.52. The zero-order chi connectivity index (χ0) is 25.8. The monoisotopic (exact) mass is 511 g/mol. The quantitative estimate of drug-likeness (QED) is 0.329. The first-order chi connectivity index (χ1) is 16.3. The van der Waals surface area contributed by atoms with Crippen LogP contribution in [0.15, 0.2) is 40.2 Å². The molecule has 0 aliphatic heterocycles. The van der Waals surface area contributed by atoms with Crippen LogP contribution in [-0.4, -0.2) is 21.6 Å². The Labute approximate surface area is 218 Å². The van der Waals surface area contributed by atoms with E-state index in [1.807, 2.05) is 32.3 Å². The summed E-state index contributed by atoms with van der Waals surface area (Å²) in [7, 11) is 0. The van der Waals surface area contributed by atoms with Gasteiger partial charge in [0.05, 0.1) is 0 Å². The molecule has 1 amide bonds. The van der Waals surface area contributed by atoms with Crippen molar-refractivity contribution < 1.29 is 9.53 Å². The second kappa shape index (κ2) is 11.1. The SMILES string of the molecule is Cc1ccc(-c2c(CSc3nccs3)c(C)nc(CC(C)(C)C)c2COC(=O)NC(C)(C)C)cc1. The predicted molar refractivity (Wildman–Crippen MR) is 147 cm³/mol. The standard InChI is InChI=1S/C28H37N3O2S2/c1-18-9-11-20(12-10-18)24-21(16-33-25(32)31-28(6,7)8)23(15-27(3,4)5)30-19(2)22(24)17-35-26-29-13-14-34-26/h9-14H,15-17H2,1-8H3,(H,31,32). The first-order valence-electron chi connectivity index (χ1n) is 11.9.